The fourth-order valence-corrected chi connectivity index (χ4v) is 3.24. The largest absolute Gasteiger partial charge is 0.362 e. The lowest BCUT2D eigenvalue weighted by Gasteiger charge is -2.25. The van der Waals surface area contributed by atoms with Gasteiger partial charge in [-0.05, 0) is 43.3 Å². The van der Waals surface area contributed by atoms with Gasteiger partial charge in [-0.15, -0.1) is 0 Å². The summed E-state index contributed by atoms with van der Waals surface area (Å²) in [6.45, 7) is 3.43. The first kappa shape index (κ1) is 12.2. The van der Waals surface area contributed by atoms with Crippen LogP contribution in [0.2, 0.25) is 0 Å². The Bertz CT molecular complexity index is 240. The van der Waals surface area contributed by atoms with Gasteiger partial charge in [0.15, 0.2) is 5.11 Å². The molecule has 0 heterocycles. The van der Waals surface area contributed by atoms with Crippen LogP contribution in [0, 0.1) is 5.41 Å². The van der Waals surface area contributed by atoms with Crippen molar-refractivity contribution in [3.8, 4) is 0 Å². The quantitative estimate of drug-likeness (QED) is 0.742. The molecule has 2 rings (SSSR count). The summed E-state index contributed by atoms with van der Waals surface area (Å²) in [5, 5.41) is 7.73. The van der Waals surface area contributed by atoms with Gasteiger partial charge in [-0.2, -0.15) is 0 Å². The first-order valence-corrected chi connectivity index (χ1v) is 7.13. The minimum absolute atomic E-state index is 0.488. The van der Waals surface area contributed by atoms with Gasteiger partial charge in [0.1, 0.15) is 0 Å². The summed E-state index contributed by atoms with van der Waals surface area (Å²) in [4.78, 5) is 0. The van der Waals surface area contributed by atoms with Gasteiger partial charge in [0.05, 0.1) is 0 Å². The Morgan fingerprint density at radius 1 is 1.19 bits per heavy atom. The van der Waals surface area contributed by atoms with Crippen molar-refractivity contribution in [3.63, 3.8) is 0 Å². The molecule has 0 aromatic rings. The second-order valence-electron chi connectivity index (χ2n) is 5.83. The average molecular weight is 240 g/mol. The molecule has 2 N–H and O–H groups in total. The first-order valence-electron chi connectivity index (χ1n) is 6.72. The highest BCUT2D eigenvalue weighted by molar-refractivity contribution is 7.80. The van der Waals surface area contributed by atoms with E-state index in [9.17, 15) is 0 Å². The number of hydrogen-bond acceptors (Lipinski definition) is 1. The maximum absolute atomic E-state index is 5.35. The van der Waals surface area contributed by atoms with Crippen LogP contribution in [0.4, 0.5) is 0 Å². The number of thiocarbonyl (C=S) groups is 1. The molecule has 0 atom stereocenters. The van der Waals surface area contributed by atoms with Crippen molar-refractivity contribution in [2.75, 3.05) is 6.54 Å². The molecule has 2 nitrogen and oxygen atoms in total. The van der Waals surface area contributed by atoms with E-state index in [0.717, 1.165) is 11.7 Å². The zero-order valence-electron chi connectivity index (χ0n) is 10.3. The van der Waals surface area contributed by atoms with E-state index in [1.807, 2.05) is 0 Å². The van der Waals surface area contributed by atoms with E-state index in [4.69, 9.17) is 12.2 Å². The zero-order chi connectivity index (χ0) is 11.4. The van der Waals surface area contributed by atoms with E-state index in [1.54, 1.807) is 0 Å². The van der Waals surface area contributed by atoms with Gasteiger partial charge >= 0.3 is 0 Å². The maximum Gasteiger partial charge on any atom is 0.166 e. The molecule has 0 aromatic heterocycles. The Balaban J connectivity index is 1.66. The molecule has 0 unspecified atom stereocenters. The summed E-state index contributed by atoms with van der Waals surface area (Å²) in [5.74, 6) is 0. The predicted octanol–water partition coefficient (Wildman–Crippen LogP) is 2.97. The third kappa shape index (κ3) is 3.34. The second-order valence-corrected chi connectivity index (χ2v) is 6.23. The predicted molar refractivity (Wildman–Crippen MR) is 72.6 cm³/mol. The summed E-state index contributed by atoms with van der Waals surface area (Å²) in [6.07, 6.45) is 10.8. The van der Waals surface area contributed by atoms with Crippen molar-refractivity contribution in [1.29, 1.82) is 0 Å². The van der Waals surface area contributed by atoms with Crippen molar-refractivity contribution in [2.45, 2.75) is 64.3 Å². The average Bonchev–Trinajstić information content (AvgIpc) is 2.88. The van der Waals surface area contributed by atoms with Gasteiger partial charge in [-0.25, -0.2) is 0 Å². The molecule has 0 radical (unpaired) electrons. The van der Waals surface area contributed by atoms with Gasteiger partial charge in [-0.1, -0.05) is 32.6 Å². The molecule has 0 amide bonds. The van der Waals surface area contributed by atoms with Crippen LogP contribution >= 0.6 is 12.2 Å². The third-order valence-corrected chi connectivity index (χ3v) is 4.44. The van der Waals surface area contributed by atoms with Gasteiger partial charge in [-0.3, -0.25) is 0 Å². The minimum atomic E-state index is 0.488. The van der Waals surface area contributed by atoms with Crippen LogP contribution in [0.1, 0.15) is 58.3 Å². The lowest BCUT2D eigenvalue weighted by Crippen LogP contribution is -2.44. The zero-order valence-corrected chi connectivity index (χ0v) is 11.2. The normalized spacial score (nSPS) is 24.6. The summed E-state index contributed by atoms with van der Waals surface area (Å²) >= 11 is 5.35. The highest BCUT2D eigenvalue weighted by Crippen LogP contribution is 2.36. The molecule has 0 spiro atoms. The van der Waals surface area contributed by atoms with Crippen LogP contribution in [-0.2, 0) is 0 Å². The van der Waals surface area contributed by atoms with Crippen LogP contribution in [0.15, 0.2) is 0 Å². The Hall–Kier alpha value is -0.310. The monoisotopic (exact) mass is 240 g/mol. The third-order valence-electron chi connectivity index (χ3n) is 4.18. The second kappa shape index (κ2) is 5.35. The SMILES string of the molecule is CC1(CNC(=S)NC2CCCC2)CCCC1. The molecule has 2 saturated carbocycles. The fourth-order valence-electron chi connectivity index (χ4n) is 3.01. The molecular formula is C13H24N2S. The summed E-state index contributed by atoms with van der Waals surface area (Å²) < 4.78 is 0. The standard InChI is InChI=1S/C13H24N2S/c1-13(8-4-5-9-13)10-14-12(16)15-11-6-2-3-7-11/h11H,2-10H2,1H3,(H2,14,15,16). The molecule has 2 fully saturated rings. The van der Waals surface area contributed by atoms with E-state index >= 15 is 0 Å². The molecule has 3 heteroatoms. The Morgan fingerprint density at radius 3 is 2.44 bits per heavy atom. The van der Waals surface area contributed by atoms with Crippen LogP contribution < -0.4 is 10.6 Å². The van der Waals surface area contributed by atoms with E-state index < -0.39 is 0 Å². The molecule has 0 bridgehead atoms. The molecular weight excluding hydrogens is 216 g/mol. The highest BCUT2D eigenvalue weighted by atomic mass is 32.1. The molecule has 16 heavy (non-hydrogen) atoms. The lowest BCUT2D eigenvalue weighted by molar-refractivity contribution is 0.334. The Kier molecular flexibility index (Phi) is 4.06. The van der Waals surface area contributed by atoms with Crippen LogP contribution in [0.5, 0.6) is 0 Å². The lowest BCUT2D eigenvalue weighted by atomic mass is 9.89. The Morgan fingerprint density at radius 2 is 1.81 bits per heavy atom. The van der Waals surface area contributed by atoms with Crippen molar-refractivity contribution in [1.82, 2.24) is 10.6 Å². The highest BCUT2D eigenvalue weighted by Gasteiger charge is 2.28. The van der Waals surface area contributed by atoms with E-state index in [0.29, 0.717) is 11.5 Å². The molecule has 0 aromatic carbocycles. The topological polar surface area (TPSA) is 24.1 Å². The molecule has 0 aliphatic heterocycles. The van der Waals surface area contributed by atoms with E-state index in [2.05, 4.69) is 17.6 Å². The Labute approximate surface area is 105 Å². The molecule has 92 valence electrons. The smallest absolute Gasteiger partial charge is 0.166 e. The van der Waals surface area contributed by atoms with Crippen molar-refractivity contribution >= 4 is 17.3 Å². The van der Waals surface area contributed by atoms with Crippen molar-refractivity contribution in [2.24, 2.45) is 5.41 Å². The van der Waals surface area contributed by atoms with Crippen LogP contribution in [0.3, 0.4) is 0 Å². The van der Waals surface area contributed by atoms with Crippen molar-refractivity contribution < 1.29 is 0 Å². The van der Waals surface area contributed by atoms with Crippen molar-refractivity contribution in [3.05, 3.63) is 0 Å². The van der Waals surface area contributed by atoms with E-state index in [-0.39, 0.29) is 0 Å². The summed E-state index contributed by atoms with van der Waals surface area (Å²) in [5.41, 5.74) is 0.488. The summed E-state index contributed by atoms with van der Waals surface area (Å²) in [7, 11) is 0. The fraction of sp³-hybridized carbons (Fsp3) is 0.923. The molecule has 2 aliphatic carbocycles. The molecule has 0 saturated heterocycles. The minimum Gasteiger partial charge on any atom is -0.362 e. The van der Waals surface area contributed by atoms with E-state index in [1.165, 1.54) is 51.4 Å². The number of nitrogens with one attached hydrogen (secondary N) is 2. The van der Waals surface area contributed by atoms with Gasteiger partial charge in [0, 0.05) is 12.6 Å². The number of rotatable bonds is 3. The van der Waals surface area contributed by atoms with Gasteiger partial charge in [0.2, 0.25) is 0 Å². The van der Waals surface area contributed by atoms with Crippen LogP contribution in [0.25, 0.3) is 0 Å². The van der Waals surface area contributed by atoms with Gasteiger partial charge in [0.25, 0.3) is 0 Å². The molecule has 2 aliphatic rings. The van der Waals surface area contributed by atoms with Crippen LogP contribution in [-0.4, -0.2) is 17.7 Å². The maximum atomic E-state index is 5.35. The first-order chi connectivity index (χ1) is 7.68. The summed E-state index contributed by atoms with van der Waals surface area (Å²) in [6, 6.07) is 0.636. The van der Waals surface area contributed by atoms with Gasteiger partial charge < -0.3 is 10.6 Å². The number of hydrogen-bond donors (Lipinski definition) is 2.